The first-order chi connectivity index (χ1) is 5.45. The Balaban J connectivity index is 1.67. The summed E-state index contributed by atoms with van der Waals surface area (Å²) in [4.78, 5) is 0. The largest absolute Gasteiger partial charge is 0.0533 e. The van der Waals surface area contributed by atoms with Crippen LogP contribution in [0.5, 0.6) is 0 Å². The van der Waals surface area contributed by atoms with Crippen molar-refractivity contribution < 1.29 is 0 Å². The zero-order chi connectivity index (χ0) is 7.52. The molecular weight excluding hydrogens is 132 g/mol. The average molecular weight is 150 g/mol. The molecule has 2 rings (SSSR count). The first-order valence-corrected chi connectivity index (χ1v) is 5.18. The Labute approximate surface area is 70.4 Å². The molecule has 2 aliphatic carbocycles. The summed E-state index contributed by atoms with van der Waals surface area (Å²) in [7, 11) is 0. The van der Waals surface area contributed by atoms with Crippen molar-refractivity contribution in [3.63, 3.8) is 0 Å². The van der Waals surface area contributed by atoms with Gasteiger partial charge in [-0.15, -0.1) is 0 Å². The van der Waals surface area contributed by atoms with Crippen molar-refractivity contribution in [1.82, 2.24) is 0 Å². The van der Waals surface area contributed by atoms with Crippen molar-refractivity contribution in [2.45, 2.75) is 51.4 Å². The van der Waals surface area contributed by atoms with Crippen LogP contribution in [0, 0.1) is 18.3 Å². The summed E-state index contributed by atoms with van der Waals surface area (Å²) >= 11 is 0. The molecule has 0 saturated heterocycles. The zero-order valence-electron chi connectivity index (χ0n) is 7.31. The normalized spacial score (nSPS) is 28.4. The van der Waals surface area contributed by atoms with Crippen LogP contribution in [0.4, 0.5) is 0 Å². The van der Waals surface area contributed by atoms with Crippen LogP contribution in [-0.2, 0) is 0 Å². The van der Waals surface area contributed by atoms with E-state index in [0.29, 0.717) is 0 Å². The van der Waals surface area contributed by atoms with E-state index in [4.69, 9.17) is 0 Å². The molecule has 0 nitrogen and oxygen atoms in total. The number of rotatable bonds is 2. The fourth-order valence-electron chi connectivity index (χ4n) is 2.37. The monoisotopic (exact) mass is 150 g/mol. The van der Waals surface area contributed by atoms with Gasteiger partial charge in [0.1, 0.15) is 0 Å². The number of hydrogen-bond acceptors (Lipinski definition) is 0. The summed E-state index contributed by atoms with van der Waals surface area (Å²) in [6.07, 6.45) is 15.2. The Morgan fingerprint density at radius 2 is 1.73 bits per heavy atom. The van der Waals surface area contributed by atoms with Gasteiger partial charge in [-0.25, -0.2) is 0 Å². The Kier molecular flexibility index (Phi) is 2.50. The second-order valence-electron chi connectivity index (χ2n) is 4.18. The van der Waals surface area contributed by atoms with Crippen LogP contribution in [0.3, 0.4) is 0 Å². The van der Waals surface area contributed by atoms with Gasteiger partial charge in [0.15, 0.2) is 0 Å². The lowest BCUT2D eigenvalue weighted by molar-refractivity contribution is 0.266. The highest BCUT2D eigenvalue weighted by molar-refractivity contribution is 4.88. The summed E-state index contributed by atoms with van der Waals surface area (Å²) in [6, 6.07) is 0. The molecule has 11 heavy (non-hydrogen) atoms. The Hall–Kier alpha value is 0. The summed E-state index contributed by atoms with van der Waals surface area (Å²) in [5.74, 6) is 1.97. The lowest BCUT2D eigenvalue weighted by Gasteiger charge is -2.30. The zero-order valence-corrected chi connectivity index (χ0v) is 7.31. The Morgan fingerprint density at radius 1 is 1.00 bits per heavy atom. The van der Waals surface area contributed by atoms with E-state index >= 15 is 0 Å². The van der Waals surface area contributed by atoms with E-state index in [1.165, 1.54) is 51.4 Å². The van der Waals surface area contributed by atoms with Crippen LogP contribution >= 0.6 is 0 Å². The van der Waals surface area contributed by atoms with Crippen LogP contribution in [0.15, 0.2) is 0 Å². The topological polar surface area (TPSA) is 0 Å². The third-order valence-electron chi connectivity index (χ3n) is 3.27. The molecule has 1 atom stereocenters. The number of hydrogen-bond donors (Lipinski definition) is 0. The molecule has 0 heterocycles. The minimum atomic E-state index is 0.901. The Morgan fingerprint density at radius 3 is 2.27 bits per heavy atom. The van der Waals surface area contributed by atoms with E-state index in [-0.39, 0.29) is 0 Å². The molecule has 0 aromatic carbocycles. The summed E-state index contributed by atoms with van der Waals surface area (Å²) < 4.78 is 0. The molecule has 0 bridgehead atoms. The van der Waals surface area contributed by atoms with E-state index < -0.39 is 0 Å². The third kappa shape index (κ3) is 1.98. The summed E-state index contributed by atoms with van der Waals surface area (Å²) in [5, 5.41) is 0. The quantitative estimate of drug-likeness (QED) is 0.565. The maximum atomic E-state index is 3.49. The van der Waals surface area contributed by atoms with E-state index in [9.17, 15) is 0 Å². The molecule has 2 saturated carbocycles. The van der Waals surface area contributed by atoms with Gasteiger partial charge in [0, 0.05) is 0 Å². The molecule has 2 fully saturated rings. The first-order valence-electron chi connectivity index (χ1n) is 5.18. The fraction of sp³-hybridized carbons (Fsp3) is 0.909. The van der Waals surface area contributed by atoms with Crippen molar-refractivity contribution in [1.29, 1.82) is 0 Å². The molecular formula is C11H18. The lowest BCUT2D eigenvalue weighted by Crippen LogP contribution is -2.18. The predicted molar refractivity (Wildman–Crippen MR) is 47.2 cm³/mol. The molecule has 0 amide bonds. The van der Waals surface area contributed by atoms with Crippen LogP contribution < -0.4 is 0 Å². The minimum Gasteiger partial charge on any atom is -0.0533 e. The summed E-state index contributed by atoms with van der Waals surface area (Å²) in [6.45, 7) is 0. The molecule has 2 aliphatic rings. The van der Waals surface area contributed by atoms with Gasteiger partial charge < -0.3 is 0 Å². The van der Waals surface area contributed by atoms with Crippen molar-refractivity contribution in [2.24, 2.45) is 11.8 Å². The molecule has 1 unspecified atom stereocenters. The van der Waals surface area contributed by atoms with Crippen LogP contribution in [0.25, 0.3) is 0 Å². The van der Waals surface area contributed by atoms with Gasteiger partial charge in [-0.05, 0) is 37.5 Å². The maximum absolute atomic E-state index is 3.49. The van der Waals surface area contributed by atoms with E-state index in [1.54, 1.807) is 0 Å². The summed E-state index contributed by atoms with van der Waals surface area (Å²) in [5.41, 5.74) is 0. The maximum Gasteiger partial charge on any atom is -0.0139 e. The lowest BCUT2D eigenvalue weighted by atomic mass is 9.75. The Bertz CT molecular complexity index is 107. The van der Waals surface area contributed by atoms with Crippen molar-refractivity contribution >= 4 is 0 Å². The molecule has 0 aliphatic heterocycles. The molecule has 2 radical (unpaired) electrons. The molecule has 0 aromatic heterocycles. The molecule has 62 valence electrons. The van der Waals surface area contributed by atoms with Crippen molar-refractivity contribution in [3.05, 3.63) is 6.42 Å². The highest BCUT2D eigenvalue weighted by Gasteiger charge is 2.23. The van der Waals surface area contributed by atoms with Gasteiger partial charge in [-0.2, -0.15) is 0 Å². The smallest absolute Gasteiger partial charge is 0.0139 e. The van der Waals surface area contributed by atoms with Gasteiger partial charge in [0.05, 0.1) is 0 Å². The fourth-order valence-corrected chi connectivity index (χ4v) is 2.37. The van der Waals surface area contributed by atoms with E-state index in [0.717, 1.165) is 11.8 Å². The predicted octanol–water partition coefficient (Wildman–Crippen LogP) is 3.45. The van der Waals surface area contributed by atoms with Gasteiger partial charge in [-0.3, -0.25) is 0 Å². The van der Waals surface area contributed by atoms with Gasteiger partial charge >= 0.3 is 0 Å². The van der Waals surface area contributed by atoms with Gasteiger partial charge in [-0.1, -0.05) is 32.1 Å². The van der Waals surface area contributed by atoms with Crippen LogP contribution in [0.1, 0.15) is 51.4 Å². The van der Waals surface area contributed by atoms with Crippen LogP contribution in [0.2, 0.25) is 0 Å². The molecule has 0 spiro atoms. The average Bonchev–Trinajstić information content (AvgIpc) is 1.99. The first kappa shape index (κ1) is 7.64. The van der Waals surface area contributed by atoms with Crippen molar-refractivity contribution in [3.8, 4) is 0 Å². The second-order valence-corrected chi connectivity index (χ2v) is 4.18. The SMILES string of the molecule is [C]1CCC1CC1CCCCC1. The molecule has 0 N–H and O–H groups in total. The third-order valence-corrected chi connectivity index (χ3v) is 3.27. The highest BCUT2D eigenvalue weighted by atomic mass is 14.3. The van der Waals surface area contributed by atoms with Gasteiger partial charge in [0.2, 0.25) is 0 Å². The van der Waals surface area contributed by atoms with Crippen molar-refractivity contribution in [2.75, 3.05) is 0 Å². The minimum absolute atomic E-state index is 0.901. The molecule has 0 heteroatoms. The second kappa shape index (κ2) is 3.60. The standard InChI is InChI=1S/C11H18/c1-2-5-10(6-3-1)9-11-7-4-8-11/h10-11H,1-7,9H2. The molecule has 0 aromatic rings. The van der Waals surface area contributed by atoms with Gasteiger partial charge in [0.25, 0.3) is 0 Å². The van der Waals surface area contributed by atoms with E-state index in [1.807, 2.05) is 0 Å². The van der Waals surface area contributed by atoms with Crippen LogP contribution in [-0.4, -0.2) is 0 Å². The highest BCUT2D eigenvalue weighted by Crippen LogP contribution is 2.36. The van der Waals surface area contributed by atoms with E-state index in [2.05, 4.69) is 6.42 Å².